The molecule has 0 saturated carbocycles. The highest BCUT2D eigenvalue weighted by Crippen LogP contribution is 2.10. The maximum Gasteiger partial charge on any atom is 0.338 e. The monoisotopic (exact) mass is 391 g/mol. The Morgan fingerprint density at radius 1 is 1.20 bits per heavy atom. The summed E-state index contributed by atoms with van der Waals surface area (Å²) in [5, 5.41) is 3.31. The quantitative estimate of drug-likeness (QED) is 0.287. The summed E-state index contributed by atoms with van der Waals surface area (Å²) >= 11 is 2.24. The molecule has 0 radical (unpaired) electrons. The predicted molar refractivity (Wildman–Crippen MR) is 89.8 cm³/mol. The molecule has 0 spiro atoms. The third-order valence-corrected chi connectivity index (χ3v) is 3.10. The van der Waals surface area contributed by atoms with Gasteiger partial charge in [-0.3, -0.25) is 0 Å². The van der Waals surface area contributed by atoms with Crippen LogP contribution in [0.25, 0.3) is 0 Å². The maximum atomic E-state index is 11.7. The van der Waals surface area contributed by atoms with Crippen molar-refractivity contribution in [1.82, 2.24) is 0 Å². The molecule has 1 aromatic rings. The number of hydrogen-bond acceptors (Lipinski definition) is 4. The summed E-state index contributed by atoms with van der Waals surface area (Å²) < 4.78 is 11.3. The number of nitrogens with one attached hydrogen (secondary N) is 1. The lowest BCUT2D eigenvalue weighted by Crippen LogP contribution is -2.11. The van der Waals surface area contributed by atoms with Gasteiger partial charge in [0.05, 0.1) is 18.8 Å². The average molecular weight is 391 g/mol. The molecule has 4 nitrogen and oxygen atoms in total. The number of anilines is 1. The maximum absolute atomic E-state index is 11.7. The topological polar surface area (TPSA) is 47.6 Å². The Labute approximate surface area is 134 Å². The minimum atomic E-state index is -0.303. The van der Waals surface area contributed by atoms with Crippen molar-refractivity contribution in [1.29, 1.82) is 0 Å². The number of alkyl halides is 1. The Hall–Kier alpha value is -0.820. The molecular weight excluding hydrogens is 369 g/mol. The first-order valence-electron chi connectivity index (χ1n) is 6.92. The minimum absolute atomic E-state index is 0.298. The van der Waals surface area contributed by atoms with Gasteiger partial charge in [-0.15, -0.1) is 0 Å². The van der Waals surface area contributed by atoms with E-state index in [2.05, 4.69) is 34.8 Å². The normalized spacial score (nSPS) is 10.3. The van der Waals surface area contributed by atoms with E-state index < -0.39 is 0 Å². The van der Waals surface area contributed by atoms with E-state index in [9.17, 15) is 4.79 Å². The summed E-state index contributed by atoms with van der Waals surface area (Å²) in [6, 6.07) is 7.36. The summed E-state index contributed by atoms with van der Waals surface area (Å²) in [4.78, 5) is 11.7. The molecule has 0 aliphatic rings. The number of rotatable bonds is 10. The van der Waals surface area contributed by atoms with E-state index >= 15 is 0 Å². The second-order valence-electron chi connectivity index (χ2n) is 4.29. The molecule has 1 N–H and O–H groups in total. The molecule has 0 bridgehead atoms. The molecule has 0 amide bonds. The van der Waals surface area contributed by atoms with Gasteiger partial charge in [-0.25, -0.2) is 4.79 Å². The summed E-state index contributed by atoms with van der Waals surface area (Å²) in [6.07, 6.45) is 2.30. The Balaban J connectivity index is 2.30. The largest absolute Gasteiger partial charge is 0.460 e. The van der Waals surface area contributed by atoms with Crippen molar-refractivity contribution in [2.75, 3.05) is 36.1 Å². The fraction of sp³-hybridized carbons (Fsp3) is 0.533. The second kappa shape index (κ2) is 10.9. The zero-order chi connectivity index (χ0) is 14.6. The molecule has 5 heteroatoms. The van der Waals surface area contributed by atoms with Crippen molar-refractivity contribution in [3.05, 3.63) is 29.8 Å². The van der Waals surface area contributed by atoms with Crippen LogP contribution in [0.2, 0.25) is 0 Å². The van der Waals surface area contributed by atoms with Gasteiger partial charge in [0, 0.05) is 16.7 Å². The fourth-order valence-corrected chi connectivity index (χ4v) is 1.88. The van der Waals surface area contributed by atoms with Gasteiger partial charge in [-0.1, -0.05) is 35.9 Å². The first kappa shape index (κ1) is 17.2. The lowest BCUT2D eigenvalue weighted by Gasteiger charge is -2.07. The van der Waals surface area contributed by atoms with Crippen molar-refractivity contribution in [3.8, 4) is 0 Å². The van der Waals surface area contributed by atoms with Crippen molar-refractivity contribution < 1.29 is 14.3 Å². The van der Waals surface area contributed by atoms with Crippen LogP contribution in [0.4, 0.5) is 5.69 Å². The zero-order valence-electron chi connectivity index (χ0n) is 11.9. The molecule has 0 unspecified atom stereocenters. The number of unbranched alkanes of at least 4 members (excludes halogenated alkanes) is 1. The lowest BCUT2D eigenvalue weighted by molar-refractivity contribution is 0.0340. The Kier molecular flexibility index (Phi) is 9.40. The van der Waals surface area contributed by atoms with Gasteiger partial charge in [0.25, 0.3) is 0 Å². The minimum Gasteiger partial charge on any atom is -0.460 e. The first-order valence-corrected chi connectivity index (χ1v) is 8.45. The SMILES string of the molecule is CCCCNc1ccc(C(=O)OCCOCCI)cc1. The van der Waals surface area contributed by atoms with E-state index in [1.165, 1.54) is 0 Å². The second-order valence-corrected chi connectivity index (χ2v) is 5.37. The first-order chi connectivity index (χ1) is 9.77. The smallest absolute Gasteiger partial charge is 0.338 e. The molecule has 1 rings (SSSR count). The standard InChI is InChI=1S/C15H22INO3/c1-2-3-9-17-14-6-4-13(5-7-14)15(18)20-12-11-19-10-8-16/h4-7,17H,2-3,8-12H2,1H3. The third-order valence-electron chi connectivity index (χ3n) is 2.66. The number of hydrogen-bond donors (Lipinski definition) is 1. The highest BCUT2D eigenvalue weighted by atomic mass is 127. The van der Waals surface area contributed by atoms with Gasteiger partial charge in [-0.05, 0) is 30.7 Å². The molecule has 0 aromatic heterocycles. The van der Waals surface area contributed by atoms with Crippen LogP contribution in [0, 0.1) is 0 Å². The van der Waals surface area contributed by atoms with Crippen molar-refractivity contribution in [3.63, 3.8) is 0 Å². The molecule has 0 aliphatic carbocycles. The molecule has 1 aromatic carbocycles. The Morgan fingerprint density at radius 3 is 2.60 bits per heavy atom. The van der Waals surface area contributed by atoms with E-state index in [1.54, 1.807) is 12.1 Å². The van der Waals surface area contributed by atoms with Crippen LogP contribution < -0.4 is 5.32 Å². The molecule has 0 saturated heterocycles. The summed E-state index contributed by atoms with van der Waals surface area (Å²) in [6.45, 7) is 4.55. The number of esters is 1. The van der Waals surface area contributed by atoms with Gasteiger partial charge in [0.1, 0.15) is 6.61 Å². The Bertz CT molecular complexity index is 381. The third kappa shape index (κ3) is 7.09. The predicted octanol–water partition coefficient (Wildman–Crippen LogP) is 3.51. The van der Waals surface area contributed by atoms with Gasteiger partial charge in [0.2, 0.25) is 0 Å². The summed E-state index contributed by atoms with van der Waals surface area (Å²) in [7, 11) is 0. The number of ether oxygens (including phenoxy) is 2. The molecule has 112 valence electrons. The lowest BCUT2D eigenvalue weighted by atomic mass is 10.2. The molecule has 20 heavy (non-hydrogen) atoms. The number of carbonyl (C=O) groups excluding carboxylic acids is 1. The molecule has 0 atom stereocenters. The fourth-order valence-electron chi connectivity index (χ4n) is 1.57. The van der Waals surface area contributed by atoms with Gasteiger partial charge in [-0.2, -0.15) is 0 Å². The zero-order valence-corrected chi connectivity index (χ0v) is 14.0. The van der Waals surface area contributed by atoms with Crippen molar-refractivity contribution in [2.45, 2.75) is 19.8 Å². The highest BCUT2D eigenvalue weighted by Gasteiger charge is 2.06. The van der Waals surface area contributed by atoms with Crippen LogP contribution in [0.1, 0.15) is 30.1 Å². The van der Waals surface area contributed by atoms with E-state index in [-0.39, 0.29) is 5.97 Å². The van der Waals surface area contributed by atoms with Crippen LogP contribution in [-0.4, -0.2) is 36.8 Å². The number of carbonyl (C=O) groups is 1. The van der Waals surface area contributed by atoms with Crippen LogP contribution >= 0.6 is 22.6 Å². The average Bonchev–Trinajstić information content (AvgIpc) is 2.48. The Morgan fingerprint density at radius 2 is 1.95 bits per heavy atom. The molecular formula is C15H22INO3. The van der Waals surface area contributed by atoms with Gasteiger partial charge < -0.3 is 14.8 Å². The van der Waals surface area contributed by atoms with Crippen LogP contribution in [0.5, 0.6) is 0 Å². The number of benzene rings is 1. The van der Waals surface area contributed by atoms with E-state index in [0.29, 0.717) is 25.4 Å². The molecule has 0 heterocycles. The van der Waals surface area contributed by atoms with E-state index in [4.69, 9.17) is 9.47 Å². The molecule has 0 aliphatic heterocycles. The van der Waals surface area contributed by atoms with Crippen LogP contribution in [0.3, 0.4) is 0 Å². The summed E-state index contributed by atoms with van der Waals surface area (Å²) in [5.74, 6) is -0.303. The van der Waals surface area contributed by atoms with Crippen molar-refractivity contribution in [2.24, 2.45) is 0 Å². The number of halogens is 1. The summed E-state index contributed by atoms with van der Waals surface area (Å²) in [5.41, 5.74) is 1.60. The molecule has 0 fully saturated rings. The van der Waals surface area contributed by atoms with Gasteiger partial charge in [0.15, 0.2) is 0 Å². The van der Waals surface area contributed by atoms with E-state index in [1.807, 2.05) is 12.1 Å². The van der Waals surface area contributed by atoms with E-state index in [0.717, 1.165) is 29.5 Å². The van der Waals surface area contributed by atoms with Crippen molar-refractivity contribution >= 4 is 34.2 Å². The highest BCUT2D eigenvalue weighted by molar-refractivity contribution is 14.1. The van der Waals surface area contributed by atoms with Crippen LogP contribution in [-0.2, 0) is 9.47 Å². The van der Waals surface area contributed by atoms with Crippen LogP contribution in [0.15, 0.2) is 24.3 Å². The van der Waals surface area contributed by atoms with Gasteiger partial charge >= 0.3 is 5.97 Å².